The van der Waals surface area contributed by atoms with Crippen molar-refractivity contribution in [1.29, 1.82) is 0 Å². The van der Waals surface area contributed by atoms with E-state index in [0.717, 1.165) is 0 Å². The summed E-state index contributed by atoms with van der Waals surface area (Å²) in [6, 6.07) is 3.33. The van der Waals surface area contributed by atoms with Gasteiger partial charge in [0.15, 0.2) is 11.4 Å². The van der Waals surface area contributed by atoms with E-state index in [-0.39, 0.29) is 5.78 Å². The van der Waals surface area contributed by atoms with Gasteiger partial charge in [0.2, 0.25) is 0 Å². The second-order valence-corrected chi connectivity index (χ2v) is 5.04. The van der Waals surface area contributed by atoms with Gasteiger partial charge in [0.1, 0.15) is 17.1 Å². The van der Waals surface area contributed by atoms with Gasteiger partial charge in [-0.3, -0.25) is 4.79 Å². The normalized spacial score (nSPS) is 22.9. The Bertz CT molecular complexity index is 714. The van der Waals surface area contributed by atoms with Gasteiger partial charge in [-0.1, -0.05) is 0 Å². The van der Waals surface area contributed by atoms with Crippen LogP contribution in [0.5, 0.6) is 11.5 Å². The third kappa shape index (κ3) is 1.93. The Morgan fingerprint density at radius 2 is 1.90 bits per heavy atom. The lowest BCUT2D eigenvalue weighted by atomic mass is 9.80. The van der Waals surface area contributed by atoms with Crippen LogP contribution in [0.3, 0.4) is 0 Å². The first-order valence-electron chi connectivity index (χ1n) is 6.43. The Hall–Kier alpha value is -2.56. The Morgan fingerprint density at radius 3 is 2.57 bits per heavy atom. The molecule has 1 aromatic rings. The monoisotopic (exact) mass is 286 g/mol. The summed E-state index contributed by atoms with van der Waals surface area (Å²) in [5.74, 6) is 0.279. The van der Waals surface area contributed by atoms with E-state index in [1.54, 1.807) is 25.1 Å². The van der Waals surface area contributed by atoms with Gasteiger partial charge in [0.25, 0.3) is 0 Å². The zero-order valence-corrected chi connectivity index (χ0v) is 11.9. The molecule has 0 saturated heterocycles. The topological polar surface area (TPSA) is 61.8 Å². The zero-order chi connectivity index (χ0) is 15.2. The van der Waals surface area contributed by atoms with E-state index in [4.69, 9.17) is 14.2 Å². The number of carbonyl (C=O) groups excluding carboxylic acids is 2. The van der Waals surface area contributed by atoms with Crippen LogP contribution in [0.25, 0.3) is 5.57 Å². The fraction of sp³-hybridized carbons (Fsp3) is 0.250. The van der Waals surface area contributed by atoms with Crippen molar-refractivity contribution < 1.29 is 23.8 Å². The molecule has 1 aromatic carbocycles. The van der Waals surface area contributed by atoms with Gasteiger partial charge in [0, 0.05) is 17.2 Å². The average molecular weight is 286 g/mol. The van der Waals surface area contributed by atoms with Crippen molar-refractivity contribution in [2.75, 3.05) is 14.2 Å². The number of benzene rings is 1. The van der Waals surface area contributed by atoms with Crippen molar-refractivity contribution in [3.05, 3.63) is 41.5 Å². The first kappa shape index (κ1) is 13.4. The number of esters is 1. The van der Waals surface area contributed by atoms with Crippen LogP contribution in [0.2, 0.25) is 0 Å². The number of allylic oxidation sites excluding steroid dienone is 2. The number of carbonyl (C=O) groups is 2. The first-order chi connectivity index (χ1) is 9.98. The fourth-order valence-electron chi connectivity index (χ4n) is 2.63. The second-order valence-electron chi connectivity index (χ2n) is 5.04. The summed E-state index contributed by atoms with van der Waals surface area (Å²) in [6.07, 6.45) is 4.47. The summed E-state index contributed by atoms with van der Waals surface area (Å²) in [6.45, 7) is 1.74. The van der Waals surface area contributed by atoms with Crippen LogP contribution in [0.15, 0.2) is 30.4 Å². The van der Waals surface area contributed by atoms with Crippen molar-refractivity contribution >= 4 is 17.3 Å². The highest BCUT2D eigenvalue weighted by Gasteiger charge is 2.42. The summed E-state index contributed by atoms with van der Waals surface area (Å²) in [7, 11) is 3.00. The van der Waals surface area contributed by atoms with Gasteiger partial charge in [-0.15, -0.1) is 0 Å². The second kappa shape index (κ2) is 4.48. The maximum atomic E-state index is 12.3. The molecule has 0 bridgehead atoms. The van der Waals surface area contributed by atoms with Crippen LogP contribution in [0.4, 0.5) is 0 Å². The van der Waals surface area contributed by atoms with E-state index in [2.05, 4.69) is 0 Å². The van der Waals surface area contributed by atoms with Gasteiger partial charge in [-0.2, -0.15) is 0 Å². The van der Waals surface area contributed by atoms with E-state index in [1.807, 2.05) is 0 Å². The quantitative estimate of drug-likeness (QED) is 0.780. The molecule has 0 radical (unpaired) electrons. The Kier molecular flexibility index (Phi) is 2.86. The molecule has 1 heterocycles. The smallest absolute Gasteiger partial charge is 0.343 e. The van der Waals surface area contributed by atoms with Gasteiger partial charge >= 0.3 is 5.97 Å². The average Bonchev–Trinajstić information content (AvgIpc) is 2.47. The maximum absolute atomic E-state index is 12.3. The fourth-order valence-corrected chi connectivity index (χ4v) is 2.63. The lowest BCUT2D eigenvalue weighted by Crippen LogP contribution is -2.38. The minimum atomic E-state index is -0.949. The van der Waals surface area contributed by atoms with Gasteiger partial charge in [0.05, 0.1) is 14.2 Å². The number of methoxy groups -OCH3 is 2. The molecule has 0 N–H and O–H groups in total. The van der Waals surface area contributed by atoms with Crippen molar-refractivity contribution in [2.24, 2.45) is 0 Å². The first-order valence-corrected chi connectivity index (χ1v) is 6.43. The van der Waals surface area contributed by atoms with E-state index in [9.17, 15) is 9.59 Å². The molecule has 0 unspecified atom stereocenters. The number of ketones is 1. The van der Waals surface area contributed by atoms with Gasteiger partial charge < -0.3 is 14.2 Å². The SMILES string of the molecule is COc1cc(OC)c2c(c1)C1=CC(=O)C=C[C@]1(C)OC2=O. The third-order valence-electron chi connectivity index (χ3n) is 3.72. The highest BCUT2D eigenvalue weighted by Crippen LogP contribution is 2.45. The molecule has 2 aliphatic rings. The lowest BCUT2D eigenvalue weighted by molar-refractivity contribution is -0.110. The number of hydrogen-bond donors (Lipinski definition) is 0. The number of rotatable bonds is 2. The lowest BCUT2D eigenvalue weighted by Gasteiger charge is -2.36. The Labute approximate surface area is 121 Å². The molecular weight excluding hydrogens is 272 g/mol. The Balaban J connectivity index is 2.31. The molecule has 1 atom stereocenters. The van der Waals surface area contributed by atoms with Crippen LogP contribution in [-0.4, -0.2) is 31.6 Å². The molecule has 5 heteroatoms. The largest absolute Gasteiger partial charge is 0.497 e. The zero-order valence-electron chi connectivity index (χ0n) is 11.9. The van der Waals surface area contributed by atoms with Crippen LogP contribution in [-0.2, 0) is 9.53 Å². The van der Waals surface area contributed by atoms with Crippen LogP contribution in [0, 0.1) is 0 Å². The molecule has 0 saturated carbocycles. The summed E-state index contributed by atoms with van der Waals surface area (Å²) < 4.78 is 16.0. The predicted octanol–water partition coefficient (Wildman–Crippen LogP) is 2.16. The van der Waals surface area contributed by atoms with Crippen LogP contribution < -0.4 is 9.47 Å². The molecule has 108 valence electrons. The molecule has 21 heavy (non-hydrogen) atoms. The van der Waals surface area contributed by atoms with Crippen molar-refractivity contribution in [3.63, 3.8) is 0 Å². The summed E-state index contributed by atoms with van der Waals surface area (Å²) in [5.41, 5.74) is 0.588. The molecule has 3 rings (SSSR count). The number of hydrogen-bond acceptors (Lipinski definition) is 5. The minimum absolute atomic E-state index is 0.145. The standard InChI is InChI=1S/C16H14O5/c1-16-5-4-9(17)6-12(16)11-7-10(19-2)8-13(20-3)14(11)15(18)21-16/h4-8H,1-3H3/t16-/m0/s1. The number of ether oxygens (including phenoxy) is 3. The van der Waals surface area contributed by atoms with Crippen LogP contribution >= 0.6 is 0 Å². The molecule has 0 amide bonds. The van der Waals surface area contributed by atoms with Gasteiger partial charge in [-0.25, -0.2) is 4.79 Å². The molecule has 0 fully saturated rings. The summed E-state index contributed by atoms with van der Waals surface area (Å²) in [4.78, 5) is 24.0. The highest BCUT2D eigenvalue weighted by atomic mass is 16.6. The van der Waals surface area contributed by atoms with E-state index < -0.39 is 11.6 Å². The van der Waals surface area contributed by atoms with Crippen LogP contribution in [0.1, 0.15) is 22.8 Å². The molecule has 0 aromatic heterocycles. The van der Waals surface area contributed by atoms with Crippen molar-refractivity contribution in [1.82, 2.24) is 0 Å². The third-order valence-corrected chi connectivity index (χ3v) is 3.72. The summed E-state index contributed by atoms with van der Waals surface area (Å²) >= 11 is 0. The highest BCUT2D eigenvalue weighted by molar-refractivity contribution is 6.12. The molecular formula is C16H14O5. The van der Waals surface area contributed by atoms with E-state index in [0.29, 0.717) is 28.2 Å². The Morgan fingerprint density at radius 1 is 1.14 bits per heavy atom. The summed E-state index contributed by atoms with van der Waals surface area (Å²) in [5, 5.41) is 0. The van der Waals surface area contributed by atoms with Crippen molar-refractivity contribution in [3.8, 4) is 11.5 Å². The molecule has 0 spiro atoms. The minimum Gasteiger partial charge on any atom is -0.497 e. The molecule has 1 aliphatic carbocycles. The van der Waals surface area contributed by atoms with E-state index >= 15 is 0 Å². The van der Waals surface area contributed by atoms with E-state index in [1.165, 1.54) is 26.4 Å². The maximum Gasteiger partial charge on any atom is 0.343 e. The van der Waals surface area contributed by atoms with Crippen molar-refractivity contribution in [2.45, 2.75) is 12.5 Å². The number of fused-ring (bicyclic) bond motifs is 3. The van der Waals surface area contributed by atoms with Gasteiger partial charge in [-0.05, 0) is 31.2 Å². The molecule has 5 nitrogen and oxygen atoms in total. The predicted molar refractivity (Wildman–Crippen MR) is 75.5 cm³/mol. The molecule has 1 aliphatic heterocycles.